The standard InChI is InChI=1S/C23H32N6O5/c1-13-8-16(13)11-28(3)23(32)33-12-19-20(26-27-29(19)4)18-10-24-21(14(2)25-18)34-17-7-5-6-15(9-17)22(30)31/h10,13,15-17H,5-9,11-12H2,1-4H3,(H,30,31)/t13-,15-,16+,17-/m0/s1. The van der Waals surface area contributed by atoms with Crippen molar-refractivity contribution in [2.45, 2.75) is 58.7 Å². The van der Waals surface area contributed by atoms with Crippen LogP contribution < -0.4 is 4.74 Å². The molecular formula is C23H32N6O5. The first-order valence-corrected chi connectivity index (χ1v) is 11.7. The number of amides is 1. The third-order valence-electron chi connectivity index (χ3n) is 6.77. The molecule has 4 atom stereocenters. The first kappa shape index (κ1) is 23.9. The number of carboxylic acids is 1. The molecule has 0 radical (unpaired) electrons. The molecule has 2 aliphatic rings. The Balaban J connectivity index is 1.41. The van der Waals surface area contributed by atoms with E-state index < -0.39 is 5.97 Å². The number of ether oxygens (including phenoxy) is 2. The fourth-order valence-electron chi connectivity index (χ4n) is 4.39. The van der Waals surface area contributed by atoms with E-state index in [-0.39, 0.29) is 24.7 Å². The Morgan fingerprint density at radius 3 is 2.74 bits per heavy atom. The van der Waals surface area contributed by atoms with Crippen LogP contribution in [0.4, 0.5) is 4.79 Å². The summed E-state index contributed by atoms with van der Waals surface area (Å²) >= 11 is 0. The second-order valence-electron chi connectivity index (χ2n) is 9.50. The van der Waals surface area contributed by atoms with Crippen LogP contribution in [0.2, 0.25) is 0 Å². The van der Waals surface area contributed by atoms with Crippen LogP contribution in [-0.2, 0) is 23.2 Å². The van der Waals surface area contributed by atoms with Gasteiger partial charge in [-0.15, -0.1) is 5.10 Å². The minimum absolute atomic E-state index is 0.0137. The summed E-state index contributed by atoms with van der Waals surface area (Å²) < 4.78 is 13.1. The normalized spacial score (nSPS) is 23.9. The summed E-state index contributed by atoms with van der Waals surface area (Å²) in [5.41, 5.74) is 2.16. The molecule has 1 N–H and O–H groups in total. The van der Waals surface area contributed by atoms with Crippen molar-refractivity contribution >= 4 is 12.1 Å². The summed E-state index contributed by atoms with van der Waals surface area (Å²) in [6.45, 7) is 4.67. The van der Waals surface area contributed by atoms with Crippen molar-refractivity contribution in [2.24, 2.45) is 24.8 Å². The molecule has 2 aliphatic carbocycles. The average Bonchev–Trinajstić information content (AvgIpc) is 3.37. The van der Waals surface area contributed by atoms with Gasteiger partial charge in [0, 0.05) is 20.6 Å². The lowest BCUT2D eigenvalue weighted by Crippen LogP contribution is -2.30. The van der Waals surface area contributed by atoms with Gasteiger partial charge in [0.15, 0.2) is 0 Å². The third-order valence-corrected chi connectivity index (χ3v) is 6.77. The second kappa shape index (κ2) is 9.94. The van der Waals surface area contributed by atoms with Gasteiger partial charge in [0.1, 0.15) is 35.5 Å². The number of hydrogen-bond donors (Lipinski definition) is 1. The van der Waals surface area contributed by atoms with Gasteiger partial charge in [-0.25, -0.2) is 19.4 Å². The van der Waals surface area contributed by atoms with Crippen LogP contribution in [0.25, 0.3) is 11.4 Å². The minimum Gasteiger partial charge on any atom is -0.481 e. The molecule has 184 valence electrons. The van der Waals surface area contributed by atoms with Crippen molar-refractivity contribution in [3.8, 4) is 17.3 Å². The van der Waals surface area contributed by atoms with Gasteiger partial charge in [-0.05, 0) is 50.9 Å². The van der Waals surface area contributed by atoms with Crippen LogP contribution in [0.5, 0.6) is 5.88 Å². The molecule has 0 aromatic carbocycles. The molecule has 34 heavy (non-hydrogen) atoms. The Bertz CT molecular complexity index is 1060. The minimum atomic E-state index is -0.782. The second-order valence-corrected chi connectivity index (χ2v) is 9.50. The molecule has 0 saturated heterocycles. The molecule has 11 nitrogen and oxygen atoms in total. The lowest BCUT2D eigenvalue weighted by Gasteiger charge is -2.27. The molecule has 11 heteroatoms. The maximum atomic E-state index is 12.4. The number of carbonyl (C=O) groups excluding carboxylic acids is 1. The van der Waals surface area contributed by atoms with Crippen LogP contribution >= 0.6 is 0 Å². The van der Waals surface area contributed by atoms with Crippen LogP contribution in [0.15, 0.2) is 6.20 Å². The van der Waals surface area contributed by atoms with Crippen LogP contribution in [-0.4, -0.2) is 66.7 Å². The summed E-state index contributed by atoms with van der Waals surface area (Å²) in [6, 6.07) is 0. The van der Waals surface area contributed by atoms with Gasteiger partial charge in [-0.3, -0.25) is 4.79 Å². The molecular weight excluding hydrogens is 440 g/mol. The first-order valence-electron chi connectivity index (χ1n) is 11.7. The van der Waals surface area contributed by atoms with Crippen LogP contribution in [0.1, 0.15) is 50.4 Å². The van der Waals surface area contributed by atoms with Crippen molar-refractivity contribution in [3.05, 3.63) is 17.6 Å². The van der Waals surface area contributed by atoms with Crippen molar-refractivity contribution in [3.63, 3.8) is 0 Å². The summed E-state index contributed by atoms with van der Waals surface area (Å²) in [5.74, 6) is 0.425. The van der Waals surface area contributed by atoms with E-state index in [4.69, 9.17) is 9.47 Å². The number of rotatable bonds is 8. The number of carboxylic acid groups (broad SMARTS) is 1. The highest BCUT2D eigenvalue weighted by atomic mass is 16.6. The van der Waals surface area contributed by atoms with Gasteiger partial charge in [0.25, 0.3) is 0 Å². The summed E-state index contributed by atoms with van der Waals surface area (Å²) in [4.78, 5) is 34.3. The van der Waals surface area contributed by atoms with E-state index in [2.05, 4.69) is 27.2 Å². The molecule has 0 bridgehead atoms. The Hall–Kier alpha value is -3.24. The quantitative estimate of drug-likeness (QED) is 0.616. The highest BCUT2D eigenvalue weighted by Gasteiger charge is 2.34. The monoisotopic (exact) mass is 472 g/mol. The van der Waals surface area contributed by atoms with Gasteiger partial charge >= 0.3 is 12.1 Å². The van der Waals surface area contributed by atoms with Crippen molar-refractivity contribution in [1.82, 2.24) is 29.9 Å². The van der Waals surface area contributed by atoms with E-state index in [0.29, 0.717) is 59.9 Å². The Morgan fingerprint density at radius 1 is 1.29 bits per heavy atom. The van der Waals surface area contributed by atoms with Gasteiger partial charge < -0.3 is 19.5 Å². The maximum Gasteiger partial charge on any atom is 0.409 e. The summed E-state index contributed by atoms with van der Waals surface area (Å²) in [7, 11) is 3.48. The number of nitrogens with zero attached hydrogens (tertiary/aromatic N) is 6. The van der Waals surface area contributed by atoms with E-state index in [1.54, 1.807) is 36.8 Å². The number of carbonyl (C=O) groups is 2. The molecule has 1 amide bonds. The summed E-state index contributed by atoms with van der Waals surface area (Å²) in [6.07, 6.45) is 4.85. The zero-order valence-corrected chi connectivity index (χ0v) is 20.1. The Kier molecular flexibility index (Phi) is 6.99. The molecule has 2 aromatic heterocycles. The molecule has 2 heterocycles. The van der Waals surface area contributed by atoms with Crippen molar-refractivity contribution in [1.29, 1.82) is 0 Å². The lowest BCUT2D eigenvalue weighted by molar-refractivity contribution is -0.143. The van der Waals surface area contributed by atoms with Crippen molar-refractivity contribution < 1.29 is 24.2 Å². The smallest absolute Gasteiger partial charge is 0.409 e. The third kappa shape index (κ3) is 5.45. The molecule has 0 aliphatic heterocycles. The molecule has 4 rings (SSSR count). The van der Waals surface area contributed by atoms with Gasteiger partial charge in [-0.2, -0.15) is 0 Å². The van der Waals surface area contributed by atoms with E-state index in [0.717, 1.165) is 19.3 Å². The summed E-state index contributed by atoms with van der Waals surface area (Å²) in [5, 5.41) is 17.5. The zero-order valence-electron chi connectivity index (χ0n) is 20.1. The van der Waals surface area contributed by atoms with E-state index in [1.807, 2.05) is 0 Å². The Labute approximate surface area is 198 Å². The van der Waals surface area contributed by atoms with Crippen molar-refractivity contribution in [2.75, 3.05) is 13.6 Å². The lowest BCUT2D eigenvalue weighted by atomic mass is 9.87. The first-order chi connectivity index (χ1) is 16.2. The topological polar surface area (TPSA) is 133 Å². The highest BCUT2D eigenvalue weighted by molar-refractivity contribution is 5.70. The molecule has 2 fully saturated rings. The molecule has 2 aromatic rings. The van der Waals surface area contributed by atoms with Gasteiger partial charge in [-0.1, -0.05) is 12.1 Å². The van der Waals surface area contributed by atoms with E-state index in [1.165, 1.54) is 0 Å². The van der Waals surface area contributed by atoms with Gasteiger partial charge in [0.05, 0.1) is 12.1 Å². The molecule has 2 saturated carbocycles. The highest BCUT2D eigenvalue weighted by Crippen LogP contribution is 2.38. The van der Waals surface area contributed by atoms with Crippen LogP contribution in [0, 0.1) is 24.7 Å². The SMILES string of the molecule is Cc1nc(-c2nnn(C)c2COC(=O)N(C)C[C@H]2C[C@@H]2C)cnc1O[C@H]1CCC[C@H](C(=O)O)C1. The van der Waals surface area contributed by atoms with E-state index in [9.17, 15) is 14.7 Å². The predicted molar refractivity (Wildman–Crippen MR) is 121 cm³/mol. The number of hydrogen-bond acceptors (Lipinski definition) is 8. The fraction of sp³-hybridized carbons (Fsp3) is 0.652. The van der Waals surface area contributed by atoms with Gasteiger partial charge in [0.2, 0.25) is 5.88 Å². The Morgan fingerprint density at radius 2 is 2.06 bits per heavy atom. The number of aliphatic carboxylic acids is 1. The number of aryl methyl sites for hydroxylation is 2. The van der Waals surface area contributed by atoms with E-state index >= 15 is 0 Å². The predicted octanol–water partition coefficient (Wildman–Crippen LogP) is 2.83. The molecule has 0 unspecified atom stereocenters. The fourth-order valence-corrected chi connectivity index (χ4v) is 4.39. The average molecular weight is 473 g/mol. The van der Waals surface area contributed by atoms with Crippen LogP contribution in [0.3, 0.4) is 0 Å². The maximum absolute atomic E-state index is 12.4. The number of aromatic nitrogens is 5. The largest absolute Gasteiger partial charge is 0.481 e. The molecule has 0 spiro atoms. The zero-order chi connectivity index (χ0) is 24.4.